The van der Waals surface area contributed by atoms with E-state index >= 15 is 0 Å². The highest BCUT2D eigenvalue weighted by atomic mass is 16.6. The summed E-state index contributed by atoms with van der Waals surface area (Å²) in [5.41, 5.74) is 0.571. The molecule has 0 spiro atoms. The molecule has 1 amide bonds. The summed E-state index contributed by atoms with van der Waals surface area (Å²) in [7, 11) is 0. The van der Waals surface area contributed by atoms with Crippen LogP contribution in [0.3, 0.4) is 0 Å². The molecule has 2 unspecified atom stereocenters. The Kier molecular flexibility index (Phi) is 4.56. The topological polar surface area (TPSA) is 76.1 Å². The predicted octanol–water partition coefficient (Wildman–Crippen LogP) is 2.19. The van der Waals surface area contributed by atoms with Crippen LogP contribution < -0.4 is 0 Å². The van der Waals surface area contributed by atoms with E-state index in [1.807, 2.05) is 20.8 Å². The molecular weight excluding hydrogens is 274 g/mol. The molecule has 0 aromatic heterocycles. The number of aliphatic carboxylic acids is 1. The predicted molar refractivity (Wildman–Crippen MR) is 76.0 cm³/mol. The highest BCUT2D eigenvalue weighted by Gasteiger charge is 2.41. The molecule has 6 nitrogen and oxygen atoms in total. The van der Waals surface area contributed by atoms with Gasteiger partial charge in [0.1, 0.15) is 5.60 Å². The Bertz CT molecular complexity index is 435. The van der Waals surface area contributed by atoms with Crippen LogP contribution in [0.25, 0.3) is 0 Å². The van der Waals surface area contributed by atoms with E-state index in [9.17, 15) is 9.59 Å². The van der Waals surface area contributed by atoms with Gasteiger partial charge >= 0.3 is 12.1 Å². The maximum Gasteiger partial charge on any atom is 0.410 e. The van der Waals surface area contributed by atoms with Crippen molar-refractivity contribution in [2.24, 2.45) is 0 Å². The van der Waals surface area contributed by atoms with Crippen LogP contribution in [0.5, 0.6) is 0 Å². The zero-order valence-corrected chi connectivity index (χ0v) is 12.8. The van der Waals surface area contributed by atoms with Gasteiger partial charge in [0.25, 0.3) is 0 Å². The van der Waals surface area contributed by atoms with Crippen LogP contribution in [0.4, 0.5) is 4.79 Å². The number of carbonyl (C=O) groups is 2. The molecule has 118 valence electrons. The first-order valence-corrected chi connectivity index (χ1v) is 7.25. The monoisotopic (exact) mass is 297 g/mol. The highest BCUT2D eigenvalue weighted by Crippen LogP contribution is 2.32. The van der Waals surface area contributed by atoms with Gasteiger partial charge < -0.3 is 14.6 Å². The molecule has 2 heterocycles. The van der Waals surface area contributed by atoms with Gasteiger partial charge in [-0.25, -0.2) is 4.79 Å². The van der Waals surface area contributed by atoms with Gasteiger partial charge in [-0.1, -0.05) is 11.6 Å². The molecule has 2 aliphatic rings. The van der Waals surface area contributed by atoms with Gasteiger partial charge in [-0.05, 0) is 33.6 Å². The van der Waals surface area contributed by atoms with E-state index in [0.29, 0.717) is 26.1 Å². The first-order chi connectivity index (χ1) is 9.76. The number of hydrogen-bond acceptors (Lipinski definition) is 4. The number of carboxylic acids is 1. The van der Waals surface area contributed by atoms with Crippen molar-refractivity contribution in [2.45, 2.75) is 57.7 Å². The van der Waals surface area contributed by atoms with E-state index in [2.05, 4.69) is 0 Å². The molecule has 2 rings (SSSR count). The summed E-state index contributed by atoms with van der Waals surface area (Å²) >= 11 is 0. The molecule has 0 saturated carbocycles. The second kappa shape index (κ2) is 6.05. The molecule has 2 atom stereocenters. The van der Waals surface area contributed by atoms with Gasteiger partial charge in [0, 0.05) is 0 Å². The van der Waals surface area contributed by atoms with Gasteiger partial charge in [0.2, 0.25) is 0 Å². The number of morpholine rings is 1. The largest absolute Gasteiger partial charge is 0.481 e. The summed E-state index contributed by atoms with van der Waals surface area (Å²) in [5, 5.41) is 8.76. The number of carbonyl (C=O) groups excluding carboxylic acids is 1. The zero-order valence-electron chi connectivity index (χ0n) is 12.8. The average molecular weight is 297 g/mol. The molecule has 2 fully saturated rings. The minimum Gasteiger partial charge on any atom is -0.481 e. The number of amides is 1. The third kappa shape index (κ3) is 4.20. The molecule has 21 heavy (non-hydrogen) atoms. The molecule has 0 aliphatic carbocycles. The normalized spacial score (nSPS) is 25.5. The van der Waals surface area contributed by atoms with Gasteiger partial charge in [-0.2, -0.15) is 0 Å². The Morgan fingerprint density at radius 1 is 1.33 bits per heavy atom. The van der Waals surface area contributed by atoms with Gasteiger partial charge in [-0.15, -0.1) is 0 Å². The molecule has 2 aliphatic heterocycles. The number of hydrogen-bond donors (Lipinski definition) is 1. The van der Waals surface area contributed by atoms with Gasteiger partial charge in [-0.3, -0.25) is 9.69 Å². The quantitative estimate of drug-likeness (QED) is 0.791. The van der Waals surface area contributed by atoms with E-state index < -0.39 is 11.6 Å². The summed E-state index contributed by atoms with van der Waals surface area (Å²) in [6.07, 6.45) is 2.80. The summed E-state index contributed by atoms with van der Waals surface area (Å²) < 4.78 is 11.0. The number of rotatable bonds is 2. The molecule has 0 aromatic carbocycles. The van der Waals surface area contributed by atoms with E-state index in [0.717, 1.165) is 5.57 Å². The second-order valence-corrected chi connectivity index (χ2v) is 6.60. The van der Waals surface area contributed by atoms with Crippen molar-refractivity contribution in [3.63, 3.8) is 0 Å². The van der Waals surface area contributed by atoms with Crippen LogP contribution in [-0.4, -0.2) is 53.0 Å². The molecule has 2 saturated heterocycles. The van der Waals surface area contributed by atoms with Gasteiger partial charge in [0.15, 0.2) is 0 Å². The van der Waals surface area contributed by atoms with Crippen molar-refractivity contribution in [3.05, 3.63) is 11.6 Å². The Morgan fingerprint density at radius 2 is 1.90 bits per heavy atom. The van der Waals surface area contributed by atoms with Gasteiger partial charge in [0.05, 0.1) is 31.7 Å². The lowest BCUT2D eigenvalue weighted by atomic mass is 9.89. The van der Waals surface area contributed by atoms with Crippen molar-refractivity contribution in [3.8, 4) is 0 Å². The van der Waals surface area contributed by atoms with Crippen LogP contribution in [0.2, 0.25) is 0 Å². The Morgan fingerprint density at radius 3 is 2.38 bits per heavy atom. The lowest BCUT2D eigenvalue weighted by molar-refractivity contribution is -0.136. The minimum absolute atomic E-state index is 0.0298. The molecule has 0 aromatic rings. The summed E-state index contributed by atoms with van der Waals surface area (Å²) in [6.45, 7) is 6.48. The number of ether oxygens (including phenoxy) is 2. The van der Waals surface area contributed by atoms with Crippen molar-refractivity contribution in [1.29, 1.82) is 0 Å². The first-order valence-electron chi connectivity index (χ1n) is 7.25. The molecule has 6 heteroatoms. The summed E-state index contributed by atoms with van der Waals surface area (Å²) in [5.74, 6) is -0.835. The second-order valence-electron chi connectivity index (χ2n) is 6.60. The maximum absolute atomic E-state index is 12.3. The third-order valence-electron chi connectivity index (χ3n) is 3.57. The number of carboxylic acid groups (broad SMARTS) is 1. The van der Waals surface area contributed by atoms with Crippen molar-refractivity contribution in [2.75, 3.05) is 13.2 Å². The smallest absolute Gasteiger partial charge is 0.410 e. The Labute approximate surface area is 124 Å². The first kappa shape index (κ1) is 15.8. The summed E-state index contributed by atoms with van der Waals surface area (Å²) in [6, 6.07) is -0.125. The zero-order chi connectivity index (χ0) is 15.6. The van der Waals surface area contributed by atoms with Crippen LogP contribution in [-0.2, 0) is 14.3 Å². The number of fused-ring (bicyclic) bond motifs is 2. The lowest BCUT2D eigenvalue weighted by Crippen LogP contribution is -2.58. The molecule has 1 N–H and O–H groups in total. The molecule has 2 bridgehead atoms. The number of piperidine rings is 1. The Balaban J connectivity index is 2.07. The van der Waals surface area contributed by atoms with E-state index in [1.54, 1.807) is 11.0 Å². The van der Waals surface area contributed by atoms with E-state index in [1.165, 1.54) is 0 Å². The van der Waals surface area contributed by atoms with Crippen LogP contribution in [0.1, 0.15) is 40.0 Å². The van der Waals surface area contributed by atoms with Crippen LogP contribution >= 0.6 is 0 Å². The number of nitrogens with zero attached hydrogens (tertiary/aromatic N) is 1. The van der Waals surface area contributed by atoms with Crippen LogP contribution in [0.15, 0.2) is 11.6 Å². The Hall–Kier alpha value is -1.56. The maximum atomic E-state index is 12.3. The van der Waals surface area contributed by atoms with Crippen molar-refractivity contribution in [1.82, 2.24) is 4.90 Å². The van der Waals surface area contributed by atoms with E-state index in [4.69, 9.17) is 14.6 Å². The molecule has 0 radical (unpaired) electrons. The SMILES string of the molecule is CC(C)(C)OC(=O)N1C2COCC1CC(=CCC(=O)O)C2. The standard InChI is InChI=1S/C15H23NO5/c1-15(2,3)21-14(19)16-11-6-10(4-5-13(17)18)7-12(16)9-20-8-11/h4,11-12H,5-9H2,1-3H3,(H,17,18). The van der Waals surface area contributed by atoms with Crippen LogP contribution in [0, 0.1) is 0 Å². The van der Waals surface area contributed by atoms with Crippen molar-refractivity contribution >= 4 is 12.1 Å². The lowest BCUT2D eigenvalue weighted by Gasteiger charge is -2.46. The third-order valence-corrected chi connectivity index (χ3v) is 3.57. The summed E-state index contributed by atoms with van der Waals surface area (Å²) in [4.78, 5) is 24.8. The molecular formula is C15H23NO5. The average Bonchev–Trinajstić information content (AvgIpc) is 2.32. The highest BCUT2D eigenvalue weighted by molar-refractivity contribution is 5.70. The fourth-order valence-corrected chi connectivity index (χ4v) is 2.81. The fraction of sp³-hybridized carbons (Fsp3) is 0.733. The van der Waals surface area contributed by atoms with E-state index in [-0.39, 0.29) is 24.6 Å². The van der Waals surface area contributed by atoms with Crippen molar-refractivity contribution < 1.29 is 24.2 Å². The fourth-order valence-electron chi connectivity index (χ4n) is 2.81. The minimum atomic E-state index is -0.835.